The second-order valence-corrected chi connectivity index (χ2v) is 7.34. The maximum absolute atomic E-state index is 10.8. The number of oxime groups is 1. The zero-order valence-corrected chi connectivity index (χ0v) is 15.0. The molecule has 26 heavy (non-hydrogen) atoms. The van der Waals surface area contributed by atoms with E-state index in [1.165, 1.54) is 0 Å². The van der Waals surface area contributed by atoms with Crippen LogP contribution in [0.1, 0.15) is 23.4 Å². The van der Waals surface area contributed by atoms with E-state index in [2.05, 4.69) is 14.0 Å². The van der Waals surface area contributed by atoms with Gasteiger partial charge < -0.3 is 4.57 Å². The van der Waals surface area contributed by atoms with Gasteiger partial charge in [-0.2, -0.15) is 8.42 Å². The summed E-state index contributed by atoms with van der Waals surface area (Å²) in [4.78, 5) is 4.69. The SMILES string of the molecule is O=S(=O)(O)O/N=C1\CCn2c(Cc3ccccc3)nc3c(Cl)ccc1c32. The Hall–Kier alpha value is -2.42. The Morgan fingerprint density at radius 1 is 1.23 bits per heavy atom. The van der Waals surface area contributed by atoms with Crippen molar-refractivity contribution in [1.82, 2.24) is 9.55 Å². The van der Waals surface area contributed by atoms with Crippen LogP contribution in [0.5, 0.6) is 0 Å². The number of hydrogen-bond acceptors (Lipinski definition) is 5. The molecule has 7 nitrogen and oxygen atoms in total. The van der Waals surface area contributed by atoms with E-state index in [4.69, 9.17) is 21.1 Å². The van der Waals surface area contributed by atoms with Crippen LogP contribution in [0.2, 0.25) is 5.02 Å². The monoisotopic (exact) mass is 391 g/mol. The van der Waals surface area contributed by atoms with E-state index < -0.39 is 10.4 Å². The number of benzene rings is 2. The van der Waals surface area contributed by atoms with Crippen molar-refractivity contribution < 1.29 is 17.3 Å². The normalized spacial score (nSPS) is 15.5. The summed E-state index contributed by atoms with van der Waals surface area (Å²) >= 11 is 6.31. The molecule has 0 fully saturated rings. The number of hydrogen-bond donors (Lipinski definition) is 1. The van der Waals surface area contributed by atoms with E-state index in [0.717, 1.165) is 16.9 Å². The fourth-order valence-electron chi connectivity index (χ4n) is 3.18. The van der Waals surface area contributed by atoms with Crippen LogP contribution >= 0.6 is 11.6 Å². The highest BCUT2D eigenvalue weighted by atomic mass is 35.5. The number of imidazole rings is 1. The number of rotatable bonds is 4. The van der Waals surface area contributed by atoms with Gasteiger partial charge in [-0.1, -0.05) is 47.1 Å². The van der Waals surface area contributed by atoms with Crippen molar-refractivity contribution in [2.45, 2.75) is 19.4 Å². The quantitative estimate of drug-likeness (QED) is 0.544. The molecule has 0 amide bonds. The predicted octanol–water partition coefficient (Wildman–Crippen LogP) is 3.21. The van der Waals surface area contributed by atoms with E-state index in [0.29, 0.717) is 41.2 Å². The Labute approximate surface area is 154 Å². The van der Waals surface area contributed by atoms with Crippen molar-refractivity contribution in [2.24, 2.45) is 5.16 Å². The first-order valence-corrected chi connectivity index (χ1v) is 9.61. The highest BCUT2D eigenvalue weighted by Gasteiger charge is 2.24. The molecule has 0 saturated heterocycles. The molecule has 1 aromatic heterocycles. The van der Waals surface area contributed by atoms with Gasteiger partial charge in [0.15, 0.2) is 0 Å². The van der Waals surface area contributed by atoms with Crippen LogP contribution in [0, 0.1) is 0 Å². The van der Waals surface area contributed by atoms with Gasteiger partial charge in [-0.15, -0.1) is 0 Å². The summed E-state index contributed by atoms with van der Waals surface area (Å²) in [5.74, 6) is 0.871. The van der Waals surface area contributed by atoms with Gasteiger partial charge in [0, 0.05) is 24.9 Å². The first kappa shape index (κ1) is 17.0. The van der Waals surface area contributed by atoms with Gasteiger partial charge in [-0.05, 0) is 17.7 Å². The third-order valence-electron chi connectivity index (χ3n) is 4.25. The first-order chi connectivity index (χ1) is 12.4. The van der Waals surface area contributed by atoms with Crippen LogP contribution < -0.4 is 0 Å². The summed E-state index contributed by atoms with van der Waals surface area (Å²) in [5, 5.41) is 4.10. The van der Waals surface area contributed by atoms with E-state index in [1.807, 2.05) is 30.3 Å². The molecular weight excluding hydrogens is 378 g/mol. The summed E-state index contributed by atoms with van der Waals surface area (Å²) in [6.45, 7) is 0.555. The first-order valence-electron chi connectivity index (χ1n) is 7.87. The van der Waals surface area contributed by atoms with Crippen LogP contribution in [0.15, 0.2) is 47.6 Å². The predicted molar refractivity (Wildman–Crippen MR) is 97.8 cm³/mol. The lowest BCUT2D eigenvalue weighted by molar-refractivity contribution is 0.281. The fourth-order valence-corrected chi connectivity index (χ4v) is 3.56. The Bertz CT molecular complexity index is 1120. The van der Waals surface area contributed by atoms with E-state index in [-0.39, 0.29) is 0 Å². The summed E-state index contributed by atoms with van der Waals surface area (Å²) in [6, 6.07) is 13.4. The van der Waals surface area contributed by atoms with Gasteiger partial charge in [0.1, 0.15) is 11.3 Å². The van der Waals surface area contributed by atoms with E-state index in [9.17, 15) is 8.42 Å². The average Bonchev–Trinajstić information content (AvgIpc) is 2.97. The molecule has 0 unspecified atom stereocenters. The lowest BCUT2D eigenvalue weighted by atomic mass is 10.0. The van der Waals surface area contributed by atoms with Gasteiger partial charge in [0.05, 0.1) is 16.3 Å². The van der Waals surface area contributed by atoms with Crippen LogP contribution in [-0.2, 0) is 27.6 Å². The molecule has 1 N–H and O–H groups in total. The van der Waals surface area contributed by atoms with Crippen molar-refractivity contribution >= 4 is 38.7 Å². The molecule has 0 aliphatic carbocycles. The standard InChI is InChI=1S/C17H14ClN3O4S/c18-13-7-6-12-14(20-25-26(22,23)24)8-9-21-15(19-16(13)17(12)21)10-11-4-2-1-3-5-11/h1-7H,8-10H2,(H,22,23,24)/b20-14+. The molecule has 9 heteroatoms. The molecule has 3 aromatic rings. The van der Waals surface area contributed by atoms with Crippen LogP contribution in [0.3, 0.4) is 0 Å². The van der Waals surface area contributed by atoms with Gasteiger partial charge >= 0.3 is 10.4 Å². The Kier molecular flexibility index (Phi) is 4.18. The number of halogens is 1. The third kappa shape index (κ3) is 3.18. The minimum absolute atomic E-state index is 0.419. The molecule has 0 bridgehead atoms. The van der Waals surface area contributed by atoms with Crippen molar-refractivity contribution in [3.05, 3.63) is 64.4 Å². The number of aromatic nitrogens is 2. The number of aryl methyl sites for hydroxylation is 1. The highest BCUT2D eigenvalue weighted by molar-refractivity contribution is 7.80. The summed E-state index contributed by atoms with van der Waals surface area (Å²) in [6.07, 6.45) is 1.09. The highest BCUT2D eigenvalue weighted by Crippen LogP contribution is 2.32. The van der Waals surface area contributed by atoms with E-state index in [1.54, 1.807) is 12.1 Å². The Morgan fingerprint density at radius 2 is 2.00 bits per heavy atom. The van der Waals surface area contributed by atoms with Gasteiger partial charge in [0.2, 0.25) is 0 Å². The van der Waals surface area contributed by atoms with Crippen LogP contribution in [-0.4, -0.2) is 28.2 Å². The topological polar surface area (TPSA) is 93.8 Å². The Morgan fingerprint density at radius 3 is 2.73 bits per heavy atom. The zero-order valence-electron chi connectivity index (χ0n) is 13.5. The second kappa shape index (κ2) is 6.39. The molecule has 134 valence electrons. The number of nitrogens with zero attached hydrogens (tertiary/aromatic N) is 3. The molecular formula is C17H14ClN3O4S. The molecule has 1 aliphatic rings. The van der Waals surface area contributed by atoms with Crippen LogP contribution in [0.25, 0.3) is 11.0 Å². The van der Waals surface area contributed by atoms with Crippen molar-refractivity contribution in [2.75, 3.05) is 0 Å². The maximum atomic E-state index is 10.8. The van der Waals surface area contributed by atoms with Gasteiger partial charge in [-0.25, -0.2) is 9.27 Å². The lowest BCUT2D eigenvalue weighted by Gasteiger charge is -2.18. The zero-order chi connectivity index (χ0) is 18.3. The van der Waals surface area contributed by atoms with Crippen molar-refractivity contribution in [3.63, 3.8) is 0 Å². The van der Waals surface area contributed by atoms with Crippen LogP contribution in [0.4, 0.5) is 0 Å². The molecule has 1 aliphatic heterocycles. The molecule has 0 atom stereocenters. The van der Waals surface area contributed by atoms with E-state index >= 15 is 0 Å². The minimum Gasteiger partial charge on any atom is -0.327 e. The largest absolute Gasteiger partial charge is 0.466 e. The Balaban J connectivity index is 1.83. The molecule has 2 aromatic carbocycles. The summed E-state index contributed by atoms with van der Waals surface area (Å²) < 4.78 is 36.6. The third-order valence-corrected chi connectivity index (χ3v) is 4.82. The minimum atomic E-state index is -4.65. The summed E-state index contributed by atoms with van der Waals surface area (Å²) in [5.41, 5.74) is 3.65. The smallest absolute Gasteiger partial charge is 0.327 e. The molecule has 0 radical (unpaired) electrons. The average molecular weight is 392 g/mol. The summed E-state index contributed by atoms with van der Waals surface area (Å²) in [7, 11) is -4.65. The van der Waals surface area contributed by atoms with Gasteiger partial charge in [0.25, 0.3) is 0 Å². The lowest BCUT2D eigenvalue weighted by Crippen LogP contribution is -2.18. The second-order valence-electron chi connectivity index (χ2n) is 5.92. The molecule has 4 rings (SSSR count). The van der Waals surface area contributed by atoms with Crippen molar-refractivity contribution in [1.29, 1.82) is 0 Å². The fraction of sp³-hybridized carbons (Fsp3) is 0.176. The molecule has 0 spiro atoms. The maximum Gasteiger partial charge on any atom is 0.466 e. The molecule has 2 heterocycles. The molecule has 0 saturated carbocycles. The van der Waals surface area contributed by atoms with Crippen molar-refractivity contribution in [3.8, 4) is 0 Å². The van der Waals surface area contributed by atoms with Gasteiger partial charge in [-0.3, -0.25) is 4.55 Å².